The Morgan fingerprint density at radius 2 is 2.40 bits per heavy atom. The zero-order valence-corrected chi connectivity index (χ0v) is 13.5. The fraction of sp³-hybridized carbons (Fsp3) is 0.692. The largest absolute Gasteiger partial charge is 0.382 e. The van der Waals surface area contributed by atoms with Gasteiger partial charge in [-0.1, -0.05) is 0 Å². The molecule has 0 saturated carbocycles. The van der Waals surface area contributed by atoms with Gasteiger partial charge < -0.3 is 15.0 Å². The van der Waals surface area contributed by atoms with Crippen LogP contribution in [0, 0.1) is 5.92 Å². The van der Waals surface area contributed by atoms with Crippen LogP contribution in [0.2, 0.25) is 0 Å². The lowest BCUT2D eigenvalue weighted by atomic mass is 10.1. The molecular formula is C13H21BrN4O2. The van der Waals surface area contributed by atoms with E-state index < -0.39 is 0 Å². The number of aromatic nitrogens is 2. The van der Waals surface area contributed by atoms with Gasteiger partial charge in [0.25, 0.3) is 5.56 Å². The van der Waals surface area contributed by atoms with E-state index in [-0.39, 0.29) is 5.56 Å². The van der Waals surface area contributed by atoms with Crippen LogP contribution in [0.5, 0.6) is 0 Å². The molecule has 1 aliphatic heterocycles. The Morgan fingerprint density at radius 3 is 3.05 bits per heavy atom. The topological polar surface area (TPSA) is 59.4 Å². The van der Waals surface area contributed by atoms with Crippen molar-refractivity contribution < 1.29 is 4.74 Å². The van der Waals surface area contributed by atoms with E-state index >= 15 is 0 Å². The molecule has 0 aliphatic carbocycles. The third-order valence-corrected chi connectivity index (χ3v) is 4.12. The average molecular weight is 345 g/mol. The number of nitrogens with zero attached hydrogens (tertiary/aromatic N) is 3. The molecule has 2 rings (SSSR count). The number of ether oxygens (including phenoxy) is 1. The summed E-state index contributed by atoms with van der Waals surface area (Å²) in [7, 11) is 3.94. The Morgan fingerprint density at radius 1 is 1.60 bits per heavy atom. The number of nitrogens with one attached hydrogen (secondary N) is 1. The van der Waals surface area contributed by atoms with Crippen molar-refractivity contribution in [2.45, 2.75) is 13.0 Å². The van der Waals surface area contributed by atoms with Gasteiger partial charge in [0.2, 0.25) is 0 Å². The molecule has 0 aromatic carbocycles. The van der Waals surface area contributed by atoms with Crippen molar-refractivity contribution in [1.29, 1.82) is 0 Å². The van der Waals surface area contributed by atoms with Gasteiger partial charge in [0, 0.05) is 25.6 Å². The zero-order valence-electron chi connectivity index (χ0n) is 11.9. The van der Waals surface area contributed by atoms with Crippen LogP contribution in [0.25, 0.3) is 0 Å². The van der Waals surface area contributed by atoms with Crippen molar-refractivity contribution in [2.75, 3.05) is 45.7 Å². The molecular weight excluding hydrogens is 324 g/mol. The Bertz CT molecular complexity index is 498. The van der Waals surface area contributed by atoms with E-state index in [9.17, 15) is 4.79 Å². The van der Waals surface area contributed by atoms with E-state index in [0.717, 1.165) is 38.4 Å². The summed E-state index contributed by atoms with van der Waals surface area (Å²) in [5.41, 5.74) is 0.655. The van der Waals surface area contributed by atoms with Crippen LogP contribution in [-0.4, -0.2) is 55.1 Å². The van der Waals surface area contributed by atoms with Crippen molar-refractivity contribution in [3.63, 3.8) is 0 Å². The molecule has 1 fully saturated rings. The summed E-state index contributed by atoms with van der Waals surface area (Å²) in [5.74, 6) is 0.512. The SMILES string of the molecule is CN(C)CCn1ncc(NCC2CCOC2)c(Br)c1=O. The highest BCUT2D eigenvalue weighted by atomic mass is 79.9. The summed E-state index contributed by atoms with van der Waals surface area (Å²) in [4.78, 5) is 14.2. The molecule has 1 aliphatic rings. The first-order chi connectivity index (χ1) is 9.58. The van der Waals surface area contributed by atoms with Gasteiger partial charge in [0.05, 0.1) is 25.0 Å². The molecule has 0 radical (unpaired) electrons. The molecule has 0 spiro atoms. The summed E-state index contributed by atoms with van der Waals surface area (Å²) < 4.78 is 7.36. The van der Waals surface area contributed by atoms with Crippen LogP contribution in [0.1, 0.15) is 6.42 Å². The molecule has 7 heteroatoms. The van der Waals surface area contributed by atoms with E-state index in [0.29, 0.717) is 16.9 Å². The van der Waals surface area contributed by atoms with Gasteiger partial charge in [0.15, 0.2) is 0 Å². The highest BCUT2D eigenvalue weighted by molar-refractivity contribution is 9.10. The summed E-state index contributed by atoms with van der Waals surface area (Å²) >= 11 is 3.37. The fourth-order valence-electron chi connectivity index (χ4n) is 2.04. The highest BCUT2D eigenvalue weighted by Gasteiger charge is 2.16. The molecule has 112 valence electrons. The second-order valence-corrected chi connectivity index (χ2v) is 6.11. The minimum atomic E-state index is -0.0977. The first-order valence-electron chi connectivity index (χ1n) is 6.80. The van der Waals surface area contributed by atoms with Crippen molar-refractivity contribution >= 4 is 21.6 Å². The molecule has 1 N–H and O–H groups in total. The van der Waals surface area contributed by atoms with E-state index in [4.69, 9.17) is 4.74 Å². The molecule has 1 aromatic heterocycles. The molecule has 1 saturated heterocycles. The summed E-state index contributed by atoms with van der Waals surface area (Å²) in [6.07, 6.45) is 2.77. The van der Waals surface area contributed by atoms with Gasteiger partial charge in [0.1, 0.15) is 4.47 Å². The second kappa shape index (κ2) is 7.19. The maximum atomic E-state index is 12.2. The molecule has 1 aromatic rings. The van der Waals surface area contributed by atoms with Gasteiger partial charge in [-0.3, -0.25) is 4.79 Å². The Balaban J connectivity index is 2.00. The van der Waals surface area contributed by atoms with Crippen molar-refractivity contribution in [2.24, 2.45) is 5.92 Å². The summed E-state index contributed by atoms with van der Waals surface area (Å²) in [5, 5.41) is 7.48. The lowest BCUT2D eigenvalue weighted by molar-refractivity contribution is 0.187. The van der Waals surface area contributed by atoms with Crippen LogP contribution >= 0.6 is 15.9 Å². The molecule has 0 amide bonds. The molecule has 6 nitrogen and oxygen atoms in total. The lowest BCUT2D eigenvalue weighted by Crippen LogP contribution is -2.29. The monoisotopic (exact) mass is 344 g/mol. The average Bonchev–Trinajstić information content (AvgIpc) is 2.92. The minimum Gasteiger partial charge on any atom is -0.382 e. The Labute approximate surface area is 127 Å². The van der Waals surface area contributed by atoms with Crippen molar-refractivity contribution in [3.05, 3.63) is 21.0 Å². The number of likely N-dealkylation sites (N-methyl/N-ethyl adjacent to an activating group) is 1. The lowest BCUT2D eigenvalue weighted by Gasteiger charge is -2.14. The van der Waals surface area contributed by atoms with Crippen molar-refractivity contribution in [3.8, 4) is 0 Å². The highest BCUT2D eigenvalue weighted by Crippen LogP contribution is 2.18. The van der Waals surface area contributed by atoms with E-state index in [1.807, 2.05) is 19.0 Å². The first-order valence-corrected chi connectivity index (χ1v) is 7.59. The predicted octanol–water partition coefficient (Wildman–Crippen LogP) is 1.02. The first kappa shape index (κ1) is 15.5. The van der Waals surface area contributed by atoms with Crippen molar-refractivity contribution in [1.82, 2.24) is 14.7 Å². The van der Waals surface area contributed by atoms with E-state index in [1.54, 1.807) is 6.20 Å². The zero-order chi connectivity index (χ0) is 14.5. The van der Waals surface area contributed by atoms with E-state index in [2.05, 4.69) is 26.3 Å². The second-order valence-electron chi connectivity index (χ2n) is 5.31. The number of rotatable bonds is 6. The summed E-state index contributed by atoms with van der Waals surface area (Å²) in [6.45, 7) is 3.80. The van der Waals surface area contributed by atoms with Gasteiger partial charge in [-0.2, -0.15) is 5.10 Å². The maximum absolute atomic E-state index is 12.2. The number of anilines is 1. The Hall–Kier alpha value is -0.920. The normalized spacial score (nSPS) is 18.7. The van der Waals surface area contributed by atoms with Gasteiger partial charge in [-0.05, 0) is 36.4 Å². The Kier molecular flexibility index (Phi) is 5.56. The maximum Gasteiger partial charge on any atom is 0.283 e. The number of hydrogen-bond acceptors (Lipinski definition) is 5. The molecule has 0 bridgehead atoms. The molecule has 2 heterocycles. The fourth-order valence-corrected chi connectivity index (χ4v) is 2.49. The third kappa shape index (κ3) is 4.04. The van der Waals surface area contributed by atoms with Crippen LogP contribution in [0.3, 0.4) is 0 Å². The minimum absolute atomic E-state index is 0.0977. The van der Waals surface area contributed by atoms with Crippen LogP contribution in [0.15, 0.2) is 15.5 Å². The molecule has 1 atom stereocenters. The van der Waals surface area contributed by atoms with Gasteiger partial charge in [-0.15, -0.1) is 0 Å². The molecule has 1 unspecified atom stereocenters. The quantitative estimate of drug-likeness (QED) is 0.834. The van der Waals surface area contributed by atoms with Crippen LogP contribution in [-0.2, 0) is 11.3 Å². The van der Waals surface area contributed by atoms with Crippen LogP contribution < -0.4 is 10.9 Å². The standard InChI is InChI=1S/C13H21BrN4O2/c1-17(2)4-5-18-13(19)12(14)11(8-16-18)15-7-10-3-6-20-9-10/h8,10,15H,3-7,9H2,1-2H3. The summed E-state index contributed by atoms with van der Waals surface area (Å²) in [6, 6.07) is 0. The molecule has 20 heavy (non-hydrogen) atoms. The number of hydrogen-bond donors (Lipinski definition) is 1. The number of halogens is 1. The smallest absolute Gasteiger partial charge is 0.283 e. The van der Waals surface area contributed by atoms with E-state index in [1.165, 1.54) is 4.68 Å². The van der Waals surface area contributed by atoms with Gasteiger partial charge >= 0.3 is 0 Å². The third-order valence-electron chi connectivity index (χ3n) is 3.35. The van der Waals surface area contributed by atoms with Crippen LogP contribution in [0.4, 0.5) is 5.69 Å². The predicted molar refractivity (Wildman–Crippen MR) is 82.2 cm³/mol. The van der Waals surface area contributed by atoms with Gasteiger partial charge in [-0.25, -0.2) is 4.68 Å².